The van der Waals surface area contributed by atoms with E-state index in [9.17, 15) is 9.59 Å². The van der Waals surface area contributed by atoms with E-state index in [2.05, 4.69) is 29.6 Å². The van der Waals surface area contributed by atoms with Gasteiger partial charge in [0.1, 0.15) is 0 Å². The molecular weight excluding hydrogens is 302 g/mol. The molecule has 0 spiro atoms. The highest BCUT2D eigenvalue weighted by Crippen LogP contribution is 2.40. The molecule has 1 amide bonds. The Morgan fingerprint density at radius 2 is 1.79 bits per heavy atom. The molecule has 4 heteroatoms. The van der Waals surface area contributed by atoms with E-state index in [1.165, 1.54) is 11.6 Å². The van der Waals surface area contributed by atoms with Crippen LogP contribution < -0.4 is 5.32 Å². The molecule has 2 aromatic rings. The van der Waals surface area contributed by atoms with Gasteiger partial charge in [-0.3, -0.25) is 4.79 Å². The van der Waals surface area contributed by atoms with Crippen LogP contribution in [0.1, 0.15) is 40.2 Å². The van der Waals surface area contributed by atoms with Crippen molar-refractivity contribution in [3.63, 3.8) is 0 Å². The molecule has 3 rings (SSSR count). The van der Waals surface area contributed by atoms with Gasteiger partial charge in [0.05, 0.1) is 12.0 Å². The van der Waals surface area contributed by atoms with Gasteiger partial charge in [0.2, 0.25) is 5.91 Å². The third kappa shape index (κ3) is 4.02. The summed E-state index contributed by atoms with van der Waals surface area (Å²) < 4.78 is 0. The van der Waals surface area contributed by atoms with Gasteiger partial charge in [-0.2, -0.15) is 0 Å². The lowest BCUT2D eigenvalue weighted by Crippen LogP contribution is -2.36. The second-order valence-corrected chi connectivity index (χ2v) is 6.43. The standard InChI is InChI=1S/C20H21NO3/c22-19(12-14-5-4-8-17(9-14)20(23)24)21-13-15-10-18(11-15)16-6-2-1-3-7-16/h1-9,15,18H,10-13H2,(H,21,22)(H,23,24). The summed E-state index contributed by atoms with van der Waals surface area (Å²) in [6.07, 6.45) is 2.44. The van der Waals surface area contributed by atoms with E-state index in [-0.39, 0.29) is 17.9 Å². The lowest BCUT2D eigenvalue weighted by atomic mass is 9.71. The molecule has 2 N–H and O–H groups in total. The van der Waals surface area contributed by atoms with Gasteiger partial charge in [-0.05, 0) is 47.9 Å². The second kappa shape index (κ2) is 7.30. The number of hydrogen-bond donors (Lipinski definition) is 2. The highest BCUT2D eigenvalue weighted by molar-refractivity contribution is 5.88. The normalized spacial score (nSPS) is 19.3. The fourth-order valence-corrected chi connectivity index (χ4v) is 3.22. The van der Waals surface area contributed by atoms with E-state index in [4.69, 9.17) is 5.11 Å². The highest BCUT2D eigenvalue weighted by Gasteiger charge is 2.30. The Hall–Kier alpha value is -2.62. The Balaban J connectivity index is 1.42. The SMILES string of the molecule is O=C(Cc1cccc(C(=O)O)c1)NCC1CC(c2ccccc2)C1. The number of carboxylic acid groups (broad SMARTS) is 1. The summed E-state index contributed by atoms with van der Waals surface area (Å²) in [4.78, 5) is 23.0. The molecule has 0 aromatic heterocycles. The number of nitrogens with one attached hydrogen (secondary N) is 1. The van der Waals surface area contributed by atoms with Crippen molar-refractivity contribution >= 4 is 11.9 Å². The Labute approximate surface area is 141 Å². The number of amides is 1. The molecule has 1 saturated carbocycles. The second-order valence-electron chi connectivity index (χ2n) is 6.43. The van der Waals surface area contributed by atoms with Gasteiger partial charge in [-0.15, -0.1) is 0 Å². The minimum atomic E-state index is -0.973. The van der Waals surface area contributed by atoms with Crippen molar-refractivity contribution in [2.24, 2.45) is 5.92 Å². The van der Waals surface area contributed by atoms with E-state index in [0.717, 1.165) is 18.4 Å². The topological polar surface area (TPSA) is 66.4 Å². The maximum Gasteiger partial charge on any atom is 0.335 e. The summed E-state index contributed by atoms with van der Waals surface area (Å²) in [5, 5.41) is 11.9. The molecule has 4 nitrogen and oxygen atoms in total. The molecule has 0 radical (unpaired) electrons. The number of hydrogen-bond acceptors (Lipinski definition) is 2. The molecule has 1 aliphatic rings. The van der Waals surface area contributed by atoms with E-state index in [0.29, 0.717) is 18.4 Å². The van der Waals surface area contributed by atoms with Crippen molar-refractivity contribution in [1.82, 2.24) is 5.32 Å². The van der Waals surface area contributed by atoms with Gasteiger partial charge in [0, 0.05) is 6.54 Å². The van der Waals surface area contributed by atoms with Gasteiger partial charge >= 0.3 is 5.97 Å². The number of carboxylic acids is 1. The molecule has 124 valence electrons. The summed E-state index contributed by atoms with van der Waals surface area (Å²) >= 11 is 0. The zero-order valence-corrected chi connectivity index (χ0v) is 13.4. The number of benzene rings is 2. The number of carbonyl (C=O) groups excluding carboxylic acids is 1. The van der Waals surface area contributed by atoms with Crippen molar-refractivity contribution in [2.75, 3.05) is 6.54 Å². The van der Waals surface area contributed by atoms with Crippen LogP contribution in [0.15, 0.2) is 54.6 Å². The molecule has 2 aromatic carbocycles. The number of rotatable bonds is 6. The van der Waals surface area contributed by atoms with Crippen molar-refractivity contribution < 1.29 is 14.7 Å². The zero-order valence-electron chi connectivity index (χ0n) is 13.4. The summed E-state index contributed by atoms with van der Waals surface area (Å²) in [6, 6.07) is 17.0. The van der Waals surface area contributed by atoms with Crippen LogP contribution in [0.2, 0.25) is 0 Å². The lowest BCUT2D eigenvalue weighted by Gasteiger charge is -2.35. The van der Waals surface area contributed by atoms with Crippen LogP contribution >= 0.6 is 0 Å². The Morgan fingerprint density at radius 1 is 1.04 bits per heavy atom. The molecule has 0 atom stereocenters. The summed E-state index contributed by atoms with van der Waals surface area (Å²) in [5.41, 5.74) is 2.32. The molecule has 1 aliphatic carbocycles. The number of aromatic carboxylic acids is 1. The monoisotopic (exact) mass is 323 g/mol. The third-order valence-corrected chi connectivity index (χ3v) is 4.63. The van der Waals surface area contributed by atoms with Crippen LogP contribution in [-0.4, -0.2) is 23.5 Å². The maximum absolute atomic E-state index is 12.0. The van der Waals surface area contributed by atoms with Crippen LogP contribution in [0.5, 0.6) is 0 Å². The molecule has 0 bridgehead atoms. The Kier molecular flexibility index (Phi) is 4.94. The smallest absolute Gasteiger partial charge is 0.335 e. The molecule has 0 unspecified atom stereocenters. The van der Waals surface area contributed by atoms with E-state index in [1.54, 1.807) is 18.2 Å². The van der Waals surface area contributed by atoms with Gasteiger partial charge in [0.15, 0.2) is 0 Å². The predicted molar refractivity (Wildman–Crippen MR) is 92.0 cm³/mol. The molecule has 0 heterocycles. The summed E-state index contributed by atoms with van der Waals surface area (Å²) in [6.45, 7) is 0.695. The summed E-state index contributed by atoms with van der Waals surface area (Å²) in [7, 11) is 0. The average Bonchev–Trinajstić information content (AvgIpc) is 2.54. The Bertz CT molecular complexity index is 721. The van der Waals surface area contributed by atoms with Gasteiger partial charge in [0.25, 0.3) is 0 Å². The fourth-order valence-electron chi connectivity index (χ4n) is 3.22. The van der Waals surface area contributed by atoms with Crippen molar-refractivity contribution in [1.29, 1.82) is 0 Å². The first-order chi connectivity index (χ1) is 11.6. The van der Waals surface area contributed by atoms with Crippen LogP contribution in [0.3, 0.4) is 0 Å². The first-order valence-corrected chi connectivity index (χ1v) is 8.25. The molecule has 1 fully saturated rings. The van der Waals surface area contributed by atoms with E-state index >= 15 is 0 Å². The molecule has 24 heavy (non-hydrogen) atoms. The van der Waals surface area contributed by atoms with Gasteiger partial charge in [-0.25, -0.2) is 4.79 Å². The van der Waals surface area contributed by atoms with Crippen LogP contribution in [0.25, 0.3) is 0 Å². The van der Waals surface area contributed by atoms with Crippen LogP contribution in [0.4, 0.5) is 0 Å². The van der Waals surface area contributed by atoms with Gasteiger partial charge in [-0.1, -0.05) is 42.5 Å². The molecule has 0 saturated heterocycles. The quantitative estimate of drug-likeness (QED) is 0.857. The predicted octanol–water partition coefficient (Wildman–Crippen LogP) is 3.24. The molecular formula is C20H21NO3. The van der Waals surface area contributed by atoms with Crippen LogP contribution in [-0.2, 0) is 11.2 Å². The van der Waals surface area contributed by atoms with Crippen molar-refractivity contribution in [2.45, 2.75) is 25.2 Å². The largest absolute Gasteiger partial charge is 0.478 e. The molecule has 0 aliphatic heterocycles. The first-order valence-electron chi connectivity index (χ1n) is 8.25. The minimum Gasteiger partial charge on any atom is -0.478 e. The van der Waals surface area contributed by atoms with Crippen molar-refractivity contribution in [3.8, 4) is 0 Å². The van der Waals surface area contributed by atoms with E-state index in [1.807, 2.05) is 6.07 Å². The lowest BCUT2D eigenvalue weighted by molar-refractivity contribution is -0.120. The number of carbonyl (C=O) groups is 2. The Morgan fingerprint density at radius 3 is 2.50 bits per heavy atom. The highest BCUT2D eigenvalue weighted by atomic mass is 16.4. The third-order valence-electron chi connectivity index (χ3n) is 4.63. The zero-order chi connectivity index (χ0) is 16.9. The fraction of sp³-hybridized carbons (Fsp3) is 0.300. The van der Waals surface area contributed by atoms with Gasteiger partial charge < -0.3 is 10.4 Å². The average molecular weight is 323 g/mol. The maximum atomic E-state index is 12.0. The van der Waals surface area contributed by atoms with Crippen molar-refractivity contribution in [3.05, 3.63) is 71.3 Å². The summed E-state index contributed by atoms with van der Waals surface area (Å²) in [5.74, 6) is 0.115. The minimum absolute atomic E-state index is 0.0549. The first kappa shape index (κ1) is 16.2. The van der Waals surface area contributed by atoms with Crippen LogP contribution in [0, 0.1) is 5.92 Å². The van der Waals surface area contributed by atoms with E-state index < -0.39 is 5.97 Å².